The molecule has 3 rings (SSSR count). The Morgan fingerprint density at radius 2 is 1.82 bits per heavy atom. The molecule has 8 heteroatoms. The zero-order chi connectivity index (χ0) is 20.1. The second-order valence-electron chi connectivity index (χ2n) is 7.02. The summed E-state index contributed by atoms with van der Waals surface area (Å²) in [4.78, 5) is 28.1. The molecule has 0 aromatic heterocycles. The Balaban J connectivity index is 1.52. The Labute approximate surface area is 165 Å². The first-order valence-electron chi connectivity index (χ1n) is 9.48. The van der Waals surface area contributed by atoms with Gasteiger partial charge in [-0.25, -0.2) is 0 Å². The van der Waals surface area contributed by atoms with Gasteiger partial charge in [0.15, 0.2) is 11.5 Å². The summed E-state index contributed by atoms with van der Waals surface area (Å²) in [6.45, 7) is 1.91. The van der Waals surface area contributed by atoms with Gasteiger partial charge >= 0.3 is 0 Å². The lowest BCUT2D eigenvalue weighted by Gasteiger charge is -2.30. The maximum atomic E-state index is 12.5. The maximum Gasteiger partial charge on any atom is 0.237 e. The molecule has 0 radical (unpaired) electrons. The molecule has 0 bridgehead atoms. The number of ether oxygens (including phenoxy) is 2. The van der Waals surface area contributed by atoms with Crippen LogP contribution in [0.5, 0.6) is 11.5 Å². The van der Waals surface area contributed by atoms with Crippen LogP contribution in [-0.2, 0) is 22.6 Å². The highest BCUT2D eigenvalue weighted by Gasteiger charge is 2.28. The Hall–Kier alpha value is -2.79. The number of carbonyl (C=O) groups excluding carboxylic acids is 2. The fourth-order valence-corrected chi connectivity index (χ4v) is 3.79. The first kappa shape index (κ1) is 20.0. The lowest BCUT2D eigenvalue weighted by atomic mass is 9.98. The smallest absolute Gasteiger partial charge is 0.237 e. The molecule has 1 atom stereocenters. The molecule has 150 valence electrons. The van der Waals surface area contributed by atoms with Gasteiger partial charge in [-0.3, -0.25) is 14.9 Å². The number of hydrogen-bond acceptors (Lipinski definition) is 6. The summed E-state index contributed by atoms with van der Waals surface area (Å²) in [6.07, 6.45) is 2.32. The number of hydrogen-bond donors (Lipinski definition) is 1. The van der Waals surface area contributed by atoms with E-state index in [4.69, 9.17) is 14.7 Å². The second-order valence-corrected chi connectivity index (χ2v) is 7.02. The maximum absolute atomic E-state index is 12.5. The van der Waals surface area contributed by atoms with Crippen molar-refractivity contribution in [2.75, 3.05) is 40.4 Å². The van der Waals surface area contributed by atoms with Crippen molar-refractivity contribution in [2.45, 2.75) is 31.8 Å². The Morgan fingerprint density at radius 3 is 2.50 bits per heavy atom. The molecule has 2 aliphatic rings. The highest BCUT2D eigenvalue weighted by atomic mass is 16.5. The van der Waals surface area contributed by atoms with E-state index < -0.39 is 0 Å². The molecule has 0 unspecified atom stereocenters. The second kappa shape index (κ2) is 8.93. The molecule has 1 aromatic rings. The van der Waals surface area contributed by atoms with Crippen LogP contribution in [0.2, 0.25) is 0 Å². The van der Waals surface area contributed by atoms with Crippen LogP contribution in [0.4, 0.5) is 0 Å². The first-order chi connectivity index (χ1) is 13.6. The SMILES string of the molecule is COc1cc2c(cc1OC)CN(C(=O)CNCC(=O)N1CCC[C@H]1C#N)CC2. The predicted molar refractivity (Wildman–Crippen MR) is 102 cm³/mol. The molecule has 1 aromatic carbocycles. The molecule has 1 saturated heterocycles. The number of nitrogens with one attached hydrogen (secondary N) is 1. The standard InChI is InChI=1S/C20H26N4O4/c1-27-17-8-14-5-7-23(13-15(14)9-18(17)28-2)19(25)11-22-12-20(26)24-6-3-4-16(24)10-21/h8-9,16,22H,3-7,11-13H2,1-2H3/t16-/m0/s1. The van der Waals surface area contributed by atoms with Crippen LogP contribution in [-0.4, -0.2) is 68.1 Å². The molecule has 1 fully saturated rings. The van der Waals surface area contributed by atoms with Gasteiger partial charge in [-0.2, -0.15) is 5.26 Å². The molecule has 2 heterocycles. The van der Waals surface area contributed by atoms with Crippen LogP contribution in [0.1, 0.15) is 24.0 Å². The van der Waals surface area contributed by atoms with Crippen molar-refractivity contribution in [3.8, 4) is 17.6 Å². The summed E-state index contributed by atoms with van der Waals surface area (Å²) in [6, 6.07) is 5.70. The first-order valence-corrected chi connectivity index (χ1v) is 9.48. The Morgan fingerprint density at radius 1 is 1.14 bits per heavy atom. The van der Waals surface area contributed by atoms with Crippen LogP contribution >= 0.6 is 0 Å². The van der Waals surface area contributed by atoms with Gasteiger partial charge in [0, 0.05) is 19.6 Å². The lowest BCUT2D eigenvalue weighted by molar-refractivity contribution is -0.132. The van der Waals surface area contributed by atoms with Gasteiger partial charge in [0.25, 0.3) is 0 Å². The average molecular weight is 386 g/mol. The molecule has 28 heavy (non-hydrogen) atoms. The van der Waals surface area contributed by atoms with Crippen LogP contribution in [0, 0.1) is 11.3 Å². The van der Waals surface area contributed by atoms with E-state index in [9.17, 15) is 9.59 Å². The molecule has 2 amide bonds. The van der Waals surface area contributed by atoms with Crippen molar-refractivity contribution in [3.63, 3.8) is 0 Å². The zero-order valence-corrected chi connectivity index (χ0v) is 16.4. The number of likely N-dealkylation sites (tertiary alicyclic amines) is 1. The highest BCUT2D eigenvalue weighted by molar-refractivity contribution is 5.82. The van der Waals surface area contributed by atoms with E-state index >= 15 is 0 Å². The van der Waals surface area contributed by atoms with E-state index in [2.05, 4.69) is 11.4 Å². The van der Waals surface area contributed by atoms with E-state index in [1.54, 1.807) is 24.0 Å². The van der Waals surface area contributed by atoms with Crippen molar-refractivity contribution < 1.29 is 19.1 Å². The van der Waals surface area contributed by atoms with Crippen molar-refractivity contribution in [3.05, 3.63) is 23.3 Å². The third kappa shape index (κ3) is 4.20. The summed E-state index contributed by atoms with van der Waals surface area (Å²) in [5.74, 6) is 1.17. The monoisotopic (exact) mass is 386 g/mol. The summed E-state index contributed by atoms with van der Waals surface area (Å²) in [5.41, 5.74) is 2.20. The van der Waals surface area contributed by atoms with Gasteiger partial charge in [0.05, 0.1) is 33.4 Å². The fraction of sp³-hybridized carbons (Fsp3) is 0.550. The summed E-state index contributed by atoms with van der Waals surface area (Å²) < 4.78 is 10.7. The number of methoxy groups -OCH3 is 2. The molecule has 8 nitrogen and oxygen atoms in total. The van der Waals surface area contributed by atoms with Crippen LogP contribution < -0.4 is 14.8 Å². The van der Waals surface area contributed by atoms with Gasteiger partial charge in [-0.15, -0.1) is 0 Å². The number of fused-ring (bicyclic) bond motifs is 1. The van der Waals surface area contributed by atoms with Crippen molar-refractivity contribution >= 4 is 11.8 Å². The molecular weight excluding hydrogens is 360 g/mol. The molecule has 1 N–H and O–H groups in total. The number of amides is 2. The van der Waals surface area contributed by atoms with E-state index in [1.165, 1.54) is 0 Å². The Bertz CT molecular complexity index is 789. The van der Waals surface area contributed by atoms with Gasteiger partial charge in [0.2, 0.25) is 11.8 Å². The zero-order valence-electron chi connectivity index (χ0n) is 16.4. The summed E-state index contributed by atoms with van der Waals surface area (Å²) in [7, 11) is 3.20. The van der Waals surface area contributed by atoms with Crippen LogP contribution in [0.3, 0.4) is 0 Å². The molecule has 2 aliphatic heterocycles. The Kier molecular flexibility index (Phi) is 6.37. The summed E-state index contributed by atoms with van der Waals surface area (Å²) in [5, 5.41) is 12.0. The van der Waals surface area contributed by atoms with Crippen molar-refractivity contribution in [2.24, 2.45) is 0 Å². The topological polar surface area (TPSA) is 94.9 Å². The van der Waals surface area contributed by atoms with E-state index in [0.29, 0.717) is 31.1 Å². The fourth-order valence-electron chi connectivity index (χ4n) is 3.79. The number of rotatable bonds is 6. The van der Waals surface area contributed by atoms with Crippen molar-refractivity contribution in [1.29, 1.82) is 5.26 Å². The predicted octanol–water partition coefficient (Wildman–Crippen LogP) is 0.693. The highest BCUT2D eigenvalue weighted by Crippen LogP contribution is 2.33. The number of nitrogens with zero attached hydrogens (tertiary/aromatic N) is 3. The van der Waals surface area contributed by atoms with Crippen LogP contribution in [0.15, 0.2) is 12.1 Å². The summed E-state index contributed by atoms with van der Waals surface area (Å²) >= 11 is 0. The largest absolute Gasteiger partial charge is 0.493 e. The van der Waals surface area contributed by atoms with E-state index in [-0.39, 0.29) is 30.9 Å². The van der Waals surface area contributed by atoms with E-state index in [1.807, 2.05) is 12.1 Å². The minimum absolute atomic E-state index is 0.0495. The van der Waals surface area contributed by atoms with Gasteiger partial charge in [-0.1, -0.05) is 0 Å². The molecular formula is C20H26N4O4. The third-order valence-electron chi connectivity index (χ3n) is 5.35. The minimum atomic E-state index is -0.337. The van der Waals surface area contributed by atoms with Gasteiger partial charge in [-0.05, 0) is 42.5 Å². The normalized spacial score (nSPS) is 18.4. The quantitative estimate of drug-likeness (QED) is 0.773. The average Bonchev–Trinajstić information content (AvgIpc) is 3.21. The third-order valence-corrected chi connectivity index (χ3v) is 5.35. The number of benzene rings is 1. The number of nitriles is 1. The molecule has 0 aliphatic carbocycles. The van der Waals surface area contributed by atoms with Gasteiger partial charge in [0.1, 0.15) is 6.04 Å². The minimum Gasteiger partial charge on any atom is -0.493 e. The molecule has 0 saturated carbocycles. The van der Waals surface area contributed by atoms with Gasteiger partial charge < -0.3 is 19.3 Å². The van der Waals surface area contributed by atoms with Crippen molar-refractivity contribution in [1.82, 2.24) is 15.1 Å². The van der Waals surface area contributed by atoms with E-state index in [0.717, 1.165) is 30.4 Å². The lowest BCUT2D eigenvalue weighted by Crippen LogP contribution is -2.45. The number of carbonyl (C=O) groups is 2. The molecule has 0 spiro atoms. The van der Waals surface area contributed by atoms with Crippen LogP contribution in [0.25, 0.3) is 0 Å².